The predicted molar refractivity (Wildman–Crippen MR) is 77.3 cm³/mol. The second-order valence-corrected chi connectivity index (χ2v) is 4.63. The molecule has 0 radical (unpaired) electrons. The number of aromatic carboxylic acids is 1. The summed E-state index contributed by atoms with van der Waals surface area (Å²) in [5.74, 6) is -1.08. The van der Waals surface area contributed by atoms with Gasteiger partial charge in [-0.15, -0.1) is 0 Å². The highest BCUT2D eigenvalue weighted by molar-refractivity contribution is 6.34. The number of hydrogen-bond donors (Lipinski definition) is 3. The fraction of sp³-hybridized carbons (Fsp3) is 0.0714. The summed E-state index contributed by atoms with van der Waals surface area (Å²) in [6.45, 7) is 1.95. The number of aryl methyl sites for hydroxylation is 1. The molecule has 2 aromatic carbocycles. The van der Waals surface area contributed by atoms with Crippen molar-refractivity contribution in [1.29, 1.82) is 0 Å². The van der Waals surface area contributed by atoms with Crippen LogP contribution in [-0.4, -0.2) is 11.1 Å². The number of halogens is 1. The zero-order valence-electron chi connectivity index (χ0n) is 10.3. The number of benzene rings is 2. The van der Waals surface area contributed by atoms with Gasteiger partial charge in [0.05, 0.1) is 16.3 Å². The third-order valence-corrected chi connectivity index (χ3v) is 2.93. The molecule has 0 unspecified atom stereocenters. The number of carboxylic acids is 1. The number of hydrogen-bond acceptors (Lipinski definition) is 3. The van der Waals surface area contributed by atoms with Crippen LogP contribution in [0.15, 0.2) is 36.4 Å². The van der Waals surface area contributed by atoms with Gasteiger partial charge in [0, 0.05) is 11.4 Å². The van der Waals surface area contributed by atoms with E-state index in [1.807, 2.05) is 31.2 Å². The minimum atomic E-state index is -1.08. The van der Waals surface area contributed by atoms with Crippen molar-refractivity contribution in [2.45, 2.75) is 6.92 Å². The first kappa shape index (κ1) is 13.2. The van der Waals surface area contributed by atoms with Crippen molar-refractivity contribution in [2.75, 3.05) is 11.1 Å². The molecule has 0 aliphatic heterocycles. The normalized spacial score (nSPS) is 10.2. The van der Waals surface area contributed by atoms with Crippen LogP contribution in [0.5, 0.6) is 0 Å². The van der Waals surface area contributed by atoms with Crippen LogP contribution in [-0.2, 0) is 0 Å². The van der Waals surface area contributed by atoms with Crippen LogP contribution < -0.4 is 11.1 Å². The molecule has 0 amide bonds. The number of nitrogen functional groups attached to an aromatic ring is 1. The average molecular weight is 277 g/mol. The van der Waals surface area contributed by atoms with Crippen LogP contribution in [0.25, 0.3) is 0 Å². The maximum Gasteiger partial charge on any atom is 0.337 e. The summed E-state index contributed by atoms with van der Waals surface area (Å²) in [6.07, 6.45) is 0. The highest BCUT2D eigenvalue weighted by Gasteiger charge is 2.15. The van der Waals surface area contributed by atoms with E-state index in [4.69, 9.17) is 17.3 Å². The molecule has 19 heavy (non-hydrogen) atoms. The largest absolute Gasteiger partial charge is 0.478 e. The van der Waals surface area contributed by atoms with Gasteiger partial charge >= 0.3 is 5.97 Å². The lowest BCUT2D eigenvalue weighted by Crippen LogP contribution is -2.05. The van der Waals surface area contributed by atoms with E-state index in [2.05, 4.69) is 5.32 Å². The highest BCUT2D eigenvalue weighted by Crippen LogP contribution is 2.32. The van der Waals surface area contributed by atoms with E-state index < -0.39 is 5.97 Å². The number of carbonyl (C=O) groups is 1. The molecule has 0 aromatic heterocycles. The van der Waals surface area contributed by atoms with Crippen molar-refractivity contribution in [3.8, 4) is 0 Å². The van der Waals surface area contributed by atoms with Gasteiger partial charge in [0.15, 0.2) is 0 Å². The Morgan fingerprint density at radius 3 is 2.68 bits per heavy atom. The van der Waals surface area contributed by atoms with Gasteiger partial charge in [-0.05, 0) is 36.8 Å². The molecule has 0 atom stereocenters. The quantitative estimate of drug-likeness (QED) is 0.748. The van der Waals surface area contributed by atoms with Crippen LogP contribution in [0.4, 0.5) is 17.1 Å². The fourth-order valence-corrected chi connectivity index (χ4v) is 2.07. The zero-order valence-corrected chi connectivity index (χ0v) is 11.0. The molecule has 0 spiro atoms. The Morgan fingerprint density at radius 2 is 2.05 bits per heavy atom. The van der Waals surface area contributed by atoms with Crippen molar-refractivity contribution < 1.29 is 9.90 Å². The van der Waals surface area contributed by atoms with E-state index in [1.165, 1.54) is 12.1 Å². The Hall–Kier alpha value is -2.20. The van der Waals surface area contributed by atoms with Gasteiger partial charge in [0.1, 0.15) is 0 Å². The van der Waals surface area contributed by atoms with E-state index >= 15 is 0 Å². The van der Waals surface area contributed by atoms with Crippen LogP contribution in [0.2, 0.25) is 5.02 Å². The predicted octanol–water partition coefficient (Wildman–Crippen LogP) is 3.67. The van der Waals surface area contributed by atoms with Gasteiger partial charge < -0.3 is 16.2 Å². The first-order valence-corrected chi connectivity index (χ1v) is 6.01. The molecule has 5 heteroatoms. The van der Waals surface area contributed by atoms with Gasteiger partial charge in [-0.2, -0.15) is 0 Å². The Balaban J connectivity index is 2.47. The summed E-state index contributed by atoms with van der Waals surface area (Å²) in [5, 5.41) is 12.5. The van der Waals surface area contributed by atoms with Crippen LogP contribution in [0.1, 0.15) is 15.9 Å². The maximum absolute atomic E-state index is 11.2. The maximum atomic E-state index is 11.2. The second kappa shape index (κ2) is 5.20. The van der Waals surface area contributed by atoms with Crippen molar-refractivity contribution in [3.05, 3.63) is 52.5 Å². The standard InChI is InChI=1S/C14H13ClN2O2/c1-8-3-2-4-10(5-8)17-13-11(14(18)19)6-9(16)7-12(13)15/h2-7,17H,16H2,1H3,(H,18,19). The van der Waals surface area contributed by atoms with Crippen LogP contribution >= 0.6 is 11.6 Å². The number of rotatable bonds is 3. The lowest BCUT2D eigenvalue weighted by atomic mass is 10.1. The third kappa shape index (κ3) is 2.98. The molecule has 0 aliphatic carbocycles. The molecule has 4 N–H and O–H groups in total. The lowest BCUT2D eigenvalue weighted by Gasteiger charge is -2.13. The number of carboxylic acid groups (broad SMARTS) is 1. The van der Waals surface area contributed by atoms with Gasteiger partial charge in [0.2, 0.25) is 0 Å². The third-order valence-electron chi connectivity index (χ3n) is 2.63. The zero-order chi connectivity index (χ0) is 14.0. The average Bonchev–Trinajstić information content (AvgIpc) is 2.32. The van der Waals surface area contributed by atoms with Gasteiger partial charge in [0.25, 0.3) is 0 Å². The summed E-state index contributed by atoms with van der Waals surface area (Å²) < 4.78 is 0. The van der Waals surface area contributed by atoms with E-state index in [9.17, 15) is 9.90 Å². The Morgan fingerprint density at radius 1 is 1.32 bits per heavy atom. The Labute approximate surface area is 115 Å². The van der Waals surface area contributed by atoms with Crippen molar-refractivity contribution in [1.82, 2.24) is 0 Å². The molecule has 2 aromatic rings. The molecule has 0 saturated heterocycles. The molecule has 0 fully saturated rings. The van der Waals surface area contributed by atoms with E-state index in [0.717, 1.165) is 11.3 Å². The Bertz CT molecular complexity index is 641. The van der Waals surface area contributed by atoms with Crippen LogP contribution in [0.3, 0.4) is 0 Å². The molecule has 0 aliphatic rings. The van der Waals surface area contributed by atoms with Gasteiger partial charge in [-0.3, -0.25) is 0 Å². The summed E-state index contributed by atoms with van der Waals surface area (Å²) in [5.41, 5.74) is 8.15. The van der Waals surface area contributed by atoms with E-state index in [1.54, 1.807) is 0 Å². The number of nitrogens with two attached hydrogens (primary N) is 1. The first-order valence-electron chi connectivity index (χ1n) is 5.63. The molecule has 2 rings (SSSR count). The van der Waals surface area contributed by atoms with Gasteiger partial charge in [-0.1, -0.05) is 23.7 Å². The van der Waals surface area contributed by atoms with Gasteiger partial charge in [-0.25, -0.2) is 4.79 Å². The minimum Gasteiger partial charge on any atom is -0.478 e. The highest BCUT2D eigenvalue weighted by atomic mass is 35.5. The summed E-state index contributed by atoms with van der Waals surface area (Å²) in [7, 11) is 0. The molecule has 4 nitrogen and oxygen atoms in total. The minimum absolute atomic E-state index is 0.0477. The first-order chi connectivity index (χ1) is 8.97. The molecule has 0 saturated carbocycles. The number of anilines is 3. The van der Waals surface area contributed by atoms with E-state index in [0.29, 0.717) is 11.4 Å². The summed E-state index contributed by atoms with van der Waals surface area (Å²) >= 11 is 6.06. The monoisotopic (exact) mass is 276 g/mol. The SMILES string of the molecule is Cc1cccc(Nc2c(Cl)cc(N)cc2C(=O)O)c1. The second-order valence-electron chi connectivity index (χ2n) is 4.22. The summed E-state index contributed by atoms with van der Waals surface area (Å²) in [6, 6.07) is 10.5. The van der Waals surface area contributed by atoms with Crippen molar-refractivity contribution >= 4 is 34.6 Å². The van der Waals surface area contributed by atoms with Crippen molar-refractivity contribution in [3.63, 3.8) is 0 Å². The van der Waals surface area contributed by atoms with E-state index in [-0.39, 0.29) is 10.6 Å². The molecular weight excluding hydrogens is 264 g/mol. The van der Waals surface area contributed by atoms with Crippen LogP contribution in [0, 0.1) is 6.92 Å². The molecule has 0 bridgehead atoms. The Kier molecular flexibility index (Phi) is 3.62. The fourth-order valence-electron chi connectivity index (χ4n) is 1.79. The molecular formula is C14H13ClN2O2. The summed E-state index contributed by atoms with van der Waals surface area (Å²) in [4.78, 5) is 11.2. The molecule has 98 valence electrons. The smallest absolute Gasteiger partial charge is 0.337 e. The molecule has 0 heterocycles. The van der Waals surface area contributed by atoms with Crippen molar-refractivity contribution in [2.24, 2.45) is 0 Å². The lowest BCUT2D eigenvalue weighted by molar-refractivity contribution is 0.0698. The number of nitrogens with one attached hydrogen (secondary N) is 1. The topological polar surface area (TPSA) is 75.3 Å².